The number of anilines is 1. The summed E-state index contributed by atoms with van der Waals surface area (Å²) in [5.74, 6) is -1.14. The van der Waals surface area contributed by atoms with E-state index in [1.54, 1.807) is 43.3 Å². The minimum atomic E-state index is -3.87. The van der Waals surface area contributed by atoms with Crippen LogP contribution < -0.4 is 15.4 Å². The second kappa shape index (κ2) is 11.4. The van der Waals surface area contributed by atoms with Gasteiger partial charge in [0.25, 0.3) is 5.91 Å². The third-order valence-electron chi connectivity index (χ3n) is 4.77. The number of benzene rings is 3. The molecule has 3 aromatic carbocycles. The molecule has 0 radical (unpaired) electrons. The zero-order valence-electron chi connectivity index (χ0n) is 18.5. The summed E-state index contributed by atoms with van der Waals surface area (Å²) in [6, 6.07) is 15.1. The predicted molar refractivity (Wildman–Crippen MR) is 134 cm³/mol. The van der Waals surface area contributed by atoms with Crippen LogP contribution in [0.1, 0.15) is 22.8 Å². The number of nitrogens with one attached hydrogen (secondary N) is 2. The van der Waals surface area contributed by atoms with Gasteiger partial charge in [0.2, 0.25) is 0 Å². The third-order valence-corrected chi connectivity index (χ3v) is 6.98. The summed E-state index contributed by atoms with van der Waals surface area (Å²) >= 11 is 11.9. The molecule has 3 rings (SSSR count). The van der Waals surface area contributed by atoms with Crippen LogP contribution >= 0.6 is 23.2 Å². The highest BCUT2D eigenvalue weighted by molar-refractivity contribution is 7.91. The van der Waals surface area contributed by atoms with E-state index in [1.807, 2.05) is 0 Å². The van der Waals surface area contributed by atoms with Crippen LogP contribution in [0.3, 0.4) is 0 Å². The van der Waals surface area contributed by atoms with Gasteiger partial charge in [-0.2, -0.15) is 0 Å². The Morgan fingerprint density at radius 2 is 1.71 bits per heavy atom. The van der Waals surface area contributed by atoms with Crippen molar-refractivity contribution in [1.82, 2.24) is 5.32 Å². The standard InChI is InChI=1S/C24H22Cl2N2O6S/c1-2-27-24(31)16-5-9-21(34-18-7-3-15(4-8-18)11-23(29)30)20(12-16)28-14-35(32,33)22-10-6-17(25)13-19(22)26/h3-10,12-13,28H,2,11,14H2,1H3,(H,27,31)(H,29,30). The van der Waals surface area contributed by atoms with Crippen molar-refractivity contribution < 1.29 is 27.9 Å². The fraction of sp³-hybridized carbons (Fsp3) is 0.167. The van der Waals surface area contributed by atoms with Gasteiger partial charge in [-0.15, -0.1) is 0 Å². The number of carboxylic acids is 1. The molecule has 0 fully saturated rings. The van der Waals surface area contributed by atoms with Gasteiger partial charge in [-0.05, 0) is 61.0 Å². The van der Waals surface area contributed by atoms with E-state index in [2.05, 4.69) is 10.6 Å². The van der Waals surface area contributed by atoms with Crippen LogP contribution in [0.2, 0.25) is 10.0 Å². The largest absolute Gasteiger partial charge is 0.481 e. The van der Waals surface area contributed by atoms with Crippen molar-refractivity contribution in [2.75, 3.05) is 17.7 Å². The van der Waals surface area contributed by atoms with Crippen molar-refractivity contribution >= 4 is 50.6 Å². The van der Waals surface area contributed by atoms with Gasteiger partial charge in [-0.3, -0.25) is 9.59 Å². The molecule has 1 amide bonds. The molecule has 0 saturated carbocycles. The summed E-state index contributed by atoms with van der Waals surface area (Å²) in [5, 5.41) is 14.7. The van der Waals surface area contributed by atoms with Gasteiger partial charge in [0.1, 0.15) is 11.6 Å². The molecule has 0 aliphatic rings. The Balaban J connectivity index is 1.89. The van der Waals surface area contributed by atoms with Crippen molar-refractivity contribution in [3.8, 4) is 11.5 Å². The number of rotatable bonds is 10. The topological polar surface area (TPSA) is 122 Å². The van der Waals surface area contributed by atoms with E-state index in [9.17, 15) is 18.0 Å². The van der Waals surface area contributed by atoms with Gasteiger partial charge in [-0.1, -0.05) is 35.3 Å². The van der Waals surface area contributed by atoms with Crippen molar-refractivity contribution in [3.05, 3.63) is 81.8 Å². The fourth-order valence-corrected chi connectivity index (χ4v) is 5.01. The minimum Gasteiger partial charge on any atom is -0.481 e. The molecule has 0 atom stereocenters. The maximum atomic E-state index is 12.9. The first kappa shape index (κ1) is 26.3. The monoisotopic (exact) mass is 536 g/mol. The lowest BCUT2D eigenvalue weighted by Gasteiger charge is -2.15. The number of carboxylic acid groups (broad SMARTS) is 1. The van der Waals surface area contributed by atoms with Crippen LogP contribution in [0.25, 0.3) is 0 Å². The average molecular weight is 537 g/mol. The lowest BCUT2D eigenvalue weighted by atomic mass is 10.1. The molecular weight excluding hydrogens is 515 g/mol. The van der Waals surface area contributed by atoms with Crippen LogP contribution in [0, 0.1) is 0 Å². The maximum Gasteiger partial charge on any atom is 0.307 e. The average Bonchev–Trinajstić information content (AvgIpc) is 2.79. The van der Waals surface area contributed by atoms with Gasteiger partial charge in [0, 0.05) is 17.1 Å². The zero-order chi connectivity index (χ0) is 25.6. The van der Waals surface area contributed by atoms with E-state index in [4.69, 9.17) is 33.0 Å². The molecule has 8 nitrogen and oxygen atoms in total. The van der Waals surface area contributed by atoms with Gasteiger partial charge < -0.3 is 20.5 Å². The number of aliphatic carboxylic acids is 1. The lowest BCUT2D eigenvalue weighted by Crippen LogP contribution is -2.23. The Hall–Kier alpha value is -3.27. The lowest BCUT2D eigenvalue weighted by molar-refractivity contribution is -0.136. The second-order valence-electron chi connectivity index (χ2n) is 7.40. The number of carbonyl (C=O) groups excluding carboxylic acids is 1. The van der Waals surface area contributed by atoms with Crippen LogP contribution in [-0.4, -0.2) is 37.8 Å². The molecule has 3 N–H and O–H groups in total. The summed E-state index contributed by atoms with van der Waals surface area (Å²) in [6.45, 7) is 2.21. The highest BCUT2D eigenvalue weighted by Gasteiger charge is 2.20. The minimum absolute atomic E-state index is 0.00621. The Morgan fingerprint density at radius 1 is 1.00 bits per heavy atom. The van der Waals surface area contributed by atoms with Gasteiger partial charge in [0.05, 0.1) is 22.0 Å². The van der Waals surface area contributed by atoms with Gasteiger partial charge >= 0.3 is 5.97 Å². The van der Waals surface area contributed by atoms with E-state index < -0.39 is 21.7 Å². The number of amides is 1. The Kier molecular flexibility index (Phi) is 8.61. The molecule has 0 aromatic heterocycles. The Morgan fingerprint density at radius 3 is 2.34 bits per heavy atom. The molecule has 11 heteroatoms. The normalized spacial score (nSPS) is 11.1. The van der Waals surface area contributed by atoms with E-state index in [-0.39, 0.29) is 33.7 Å². The van der Waals surface area contributed by atoms with E-state index >= 15 is 0 Å². The molecule has 0 saturated heterocycles. The van der Waals surface area contributed by atoms with Gasteiger partial charge in [-0.25, -0.2) is 8.42 Å². The van der Waals surface area contributed by atoms with Crippen LogP contribution in [0.4, 0.5) is 5.69 Å². The molecule has 0 heterocycles. The Bertz CT molecular complexity index is 1340. The summed E-state index contributed by atoms with van der Waals surface area (Å²) in [6.07, 6.45) is -0.126. The van der Waals surface area contributed by atoms with E-state index in [0.29, 0.717) is 28.4 Å². The number of hydrogen-bond donors (Lipinski definition) is 3. The third kappa shape index (κ3) is 7.11. The van der Waals surface area contributed by atoms with Crippen LogP contribution in [-0.2, 0) is 21.1 Å². The molecule has 184 valence electrons. The molecule has 3 aromatic rings. The van der Waals surface area contributed by atoms with E-state index in [0.717, 1.165) is 0 Å². The number of halogens is 2. The first-order valence-electron chi connectivity index (χ1n) is 10.4. The highest BCUT2D eigenvalue weighted by Crippen LogP contribution is 2.32. The number of carbonyl (C=O) groups is 2. The molecule has 0 aliphatic carbocycles. The predicted octanol–water partition coefficient (Wildman–Crippen LogP) is 5.01. The SMILES string of the molecule is CCNC(=O)c1ccc(Oc2ccc(CC(=O)O)cc2)c(NCS(=O)(=O)c2ccc(Cl)cc2Cl)c1. The summed E-state index contributed by atoms with van der Waals surface area (Å²) < 4.78 is 31.7. The Labute approximate surface area is 212 Å². The zero-order valence-corrected chi connectivity index (χ0v) is 20.9. The summed E-state index contributed by atoms with van der Waals surface area (Å²) in [4.78, 5) is 23.1. The fourth-order valence-electron chi connectivity index (χ4n) is 3.12. The van der Waals surface area contributed by atoms with Crippen LogP contribution in [0.15, 0.2) is 65.6 Å². The van der Waals surface area contributed by atoms with Crippen molar-refractivity contribution in [2.45, 2.75) is 18.2 Å². The van der Waals surface area contributed by atoms with Gasteiger partial charge in [0.15, 0.2) is 15.6 Å². The molecule has 0 bridgehead atoms. The molecule has 0 spiro atoms. The van der Waals surface area contributed by atoms with Crippen molar-refractivity contribution in [2.24, 2.45) is 0 Å². The quantitative estimate of drug-likeness (QED) is 0.333. The van der Waals surface area contributed by atoms with E-state index in [1.165, 1.54) is 24.3 Å². The number of hydrogen-bond acceptors (Lipinski definition) is 6. The number of ether oxygens (including phenoxy) is 1. The maximum absolute atomic E-state index is 12.9. The van der Waals surface area contributed by atoms with Crippen molar-refractivity contribution in [3.63, 3.8) is 0 Å². The van der Waals surface area contributed by atoms with Crippen molar-refractivity contribution in [1.29, 1.82) is 0 Å². The first-order valence-corrected chi connectivity index (χ1v) is 12.8. The molecular formula is C24H22Cl2N2O6S. The smallest absolute Gasteiger partial charge is 0.307 e. The first-order chi connectivity index (χ1) is 16.6. The molecule has 35 heavy (non-hydrogen) atoms. The second-order valence-corrected chi connectivity index (χ2v) is 10.2. The number of sulfone groups is 1. The molecule has 0 unspecified atom stereocenters. The summed E-state index contributed by atoms with van der Waals surface area (Å²) in [5.41, 5.74) is 1.16. The molecule has 0 aliphatic heterocycles. The van der Waals surface area contributed by atoms with Crippen LogP contribution in [0.5, 0.6) is 11.5 Å². The highest BCUT2D eigenvalue weighted by atomic mass is 35.5. The summed E-state index contributed by atoms with van der Waals surface area (Å²) in [7, 11) is -3.87.